The van der Waals surface area contributed by atoms with Gasteiger partial charge in [-0.15, -0.1) is 11.3 Å². The Morgan fingerprint density at radius 1 is 1.11 bits per heavy atom. The minimum Gasteiger partial charge on any atom is -0.481 e. The third-order valence-corrected chi connectivity index (χ3v) is 6.22. The highest BCUT2D eigenvalue weighted by Crippen LogP contribution is 2.27. The molecule has 27 heavy (non-hydrogen) atoms. The van der Waals surface area contributed by atoms with Crippen molar-refractivity contribution in [3.63, 3.8) is 0 Å². The molecule has 0 spiro atoms. The number of nitrogens with one attached hydrogen (secondary N) is 1. The van der Waals surface area contributed by atoms with Gasteiger partial charge in [-0.1, -0.05) is 35.9 Å². The van der Waals surface area contributed by atoms with Gasteiger partial charge in [0.25, 0.3) is 10.0 Å². The smallest absolute Gasteiger partial charge is 0.303 e. The van der Waals surface area contributed by atoms with Gasteiger partial charge >= 0.3 is 5.97 Å². The lowest BCUT2D eigenvalue weighted by Crippen LogP contribution is -2.12. The molecule has 0 saturated carbocycles. The summed E-state index contributed by atoms with van der Waals surface area (Å²) in [5.41, 5.74) is 2.25. The SMILES string of the molecule is O=C(O)CCc1ccc(S(=O)(=O)Nc2nc(-c3ccc(Cl)cc3)cs2)cc1. The molecule has 0 aliphatic carbocycles. The summed E-state index contributed by atoms with van der Waals surface area (Å²) in [6, 6.07) is 13.2. The van der Waals surface area contributed by atoms with Crippen LogP contribution in [0.1, 0.15) is 12.0 Å². The van der Waals surface area contributed by atoms with E-state index >= 15 is 0 Å². The zero-order chi connectivity index (χ0) is 19.4. The summed E-state index contributed by atoms with van der Waals surface area (Å²) in [5.74, 6) is -0.895. The maximum absolute atomic E-state index is 12.5. The van der Waals surface area contributed by atoms with E-state index in [1.807, 2.05) is 12.1 Å². The van der Waals surface area contributed by atoms with Gasteiger partial charge in [0.15, 0.2) is 5.13 Å². The first-order valence-electron chi connectivity index (χ1n) is 7.88. The van der Waals surface area contributed by atoms with E-state index in [9.17, 15) is 13.2 Å². The van der Waals surface area contributed by atoms with Crippen LogP contribution in [0.25, 0.3) is 11.3 Å². The van der Waals surface area contributed by atoms with Crippen molar-refractivity contribution in [1.29, 1.82) is 0 Å². The van der Waals surface area contributed by atoms with Gasteiger partial charge < -0.3 is 5.11 Å². The first kappa shape index (κ1) is 19.3. The third kappa shape index (κ3) is 5.06. The molecule has 0 saturated heterocycles. The maximum Gasteiger partial charge on any atom is 0.303 e. The molecule has 9 heteroatoms. The molecule has 1 aromatic heterocycles. The standard InChI is InChI=1S/C18H15ClN2O4S2/c19-14-6-4-13(5-7-14)16-11-26-18(20-16)21-27(24,25)15-8-1-12(2-9-15)3-10-17(22)23/h1-2,4-9,11H,3,10H2,(H,20,21)(H,22,23). The van der Waals surface area contributed by atoms with Gasteiger partial charge in [0.1, 0.15) is 0 Å². The van der Waals surface area contributed by atoms with Crippen LogP contribution in [0.5, 0.6) is 0 Å². The number of aromatic nitrogens is 1. The number of sulfonamides is 1. The number of nitrogens with zero attached hydrogens (tertiary/aromatic N) is 1. The van der Waals surface area contributed by atoms with Crippen molar-refractivity contribution in [2.24, 2.45) is 0 Å². The quantitative estimate of drug-likeness (QED) is 0.592. The van der Waals surface area contributed by atoms with Crippen LogP contribution in [-0.4, -0.2) is 24.5 Å². The van der Waals surface area contributed by atoms with Crippen molar-refractivity contribution in [3.8, 4) is 11.3 Å². The second kappa shape index (κ2) is 8.08. The van der Waals surface area contributed by atoms with Crippen LogP contribution in [-0.2, 0) is 21.2 Å². The van der Waals surface area contributed by atoms with Crippen LogP contribution in [0.2, 0.25) is 5.02 Å². The van der Waals surface area contributed by atoms with Gasteiger partial charge in [-0.2, -0.15) is 0 Å². The molecule has 0 bridgehead atoms. The van der Waals surface area contributed by atoms with Crippen LogP contribution < -0.4 is 4.72 Å². The number of halogens is 1. The molecule has 0 radical (unpaired) electrons. The zero-order valence-corrected chi connectivity index (χ0v) is 16.3. The van der Waals surface area contributed by atoms with Gasteiger partial charge in [-0.05, 0) is 36.2 Å². The van der Waals surface area contributed by atoms with Gasteiger partial charge in [-0.25, -0.2) is 13.4 Å². The molecule has 0 aliphatic heterocycles. The van der Waals surface area contributed by atoms with E-state index in [4.69, 9.17) is 16.7 Å². The monoisotopic (exact) mass is 422 g/mol. The van der Waals surface area contributed by atoms with E-state index in [-0.39, 0.29) is 16.4 Å². The van der Waals surface area contributed by atoms with Crippen LogP contribution in [0.4, 0.5) is 5.13 Å². The van der Waals surface area contributed by atoms with Crippen LogP contribution >= 0.6 is 22.9 Å². The molecule has 6 nitrogen and oxygen atoms in total. The van der Waals surface area contributed by atoms with Gasteiger partial charge in [0.2, 0.25) is 0 Å². The van der Waals surface area contributed by atoms with E-state index in [1.54, 1.807) is 29.6 Å². The number of aryl methyl sites for hydroxylation is 1. The number of carbonyl (C=O) groups is 1. The number of hydrogen-bond donors (Lipinski definition) is 2. The van der Waals surface area contributed by atoms with Crippen molar-refractivity contribution in [2.75, 3.05) is 4.72 Å². The van der Waals surface area contributed by atoms with Crippen molar-refractivity contribution in [1.82, 2.24) is 4.98 Å². The Balaban J connectivity index is 1.73. The Morgan fingerprint density at radius 3 is 2.41 bits per heavy atom. The molecule has 0 fully saturated rings. The first-order valence-corrected chi connectivity index (χ1v) is 10.6. The second-order valence-corrected chi connectivity index (χ2v) is 8.66. The number of anilines is 1. The number of hydrogen-bond acceptors (Lipinski definition) is 5. The Hall–Kier alpha value is -2.42. The van der Waals surface area contributed by atoms with Gasteiger partial charge in [0, 0.05) is 22.4 Å². The first-order chi connectivity index (χ1) is 12.8. The summed E-state index contributed by atoms with van der Waals surface area (Å²) >= 11 is 7.05. The highest BCUT2D eigenvalue weighted by molar-refractivity contribution is 7.93. The summed E-state index contributed by atoms with van der Waals surface area (Å²) in [7, 11) is -3.78. The molecule has 0 amide bonds. The number of carboxylic acids is 1. The second-order valence-electron chi connectivity index (χ2n) is 5.69. The van der Waals surface area contributed by atoms with Crippen LogP contribution in [0, 0.1) is 0 Å². The minimum atomic E-state index is -3.78. The molecular formula is C18H15ClN2O4S2. The largest absolute Gasteiger partial charge is 0.481 e. The molecule has 0 unspecified atom stereocenters. The molecule has 140 valence electrons. The van der Waals surface area contributed by atoms with Crippen molar-refractivity contribution >= 4 is 44.1 Å². The number of carboxylic acid groups (broad SMARTS) is 1. The number of thiazole rings is 1. The predicted molar refractivity (Wildman–Crippen MR) is 106 cm³/mol. The van der Waals surface area contributed by atoms with Gasteiger partial charge in [0.05, 0.1) is 10.6 Å². The normalized spacial score (nSPS) is 11.3. The minimum absolute atomic E-state index is 0.00304. The molecule has 3 aromatic rings. The highest BCUT2D eigenvalue weighted by Gasteiger charge is 2.16. The Morgan fingerprint density at radius 2 is 1.78 bits per heavy atom. The Bertz CT molecular complexity index is 1050. The Kier molecular flexibility index (Phi) is 5.79. The predicted octanol–water partition coefficient (Wildman–Crippen LogP) is 4.28. The van der Waals surface area contributed by atoms with E-state index in [0.29, 0.717) is 17.1 Å². The Labute approximate surface area is 165 Å². The van der Waals surface area contributed by atoms with Crippen molar-refractivity contribution < 1.29 is 18.3 Å². The lowest BCUT2D eigenvalue weighted by Gasteiger charge is -2.06. The molecule has 2 aromatic carbocycles. The van der Waals surface area contributed by atoms with Gasteiger partial charge in [-0.3, -0.25) is 9.52 Å². The summed E-state index contributed by atoms with van der Waals surface area (Å²) in [6.07, 6.45) is 0.344. The molecule has 2 N–H and O–H groups in total. The average Bonchev–Trinajstić information content (AvgIpc) is 3.08. The van der Waals surface area contributed by atoms with Crippen molar-refractivity contribution in [2.45, 2.75) is 17.7 Å². The fourth-order valence-electron chi connectivity index (χ4n) is 2.33. The summed E-state index contributed by atoms with van der Waals surface area (Å²) in [5, 5.41) is 11.3. The topological polar surface area (TPSA) is 96.4 Å². The molecule has 0 aliphatic rings. The molecular weight excluding hydrogens is 408 g/mol. The van der Waals surface area contributed by atoms with E-state index < -0.39 is 16.0 Å². The van der Waals surface area contributed by atoms with E-state index in [2.05, 4.69) is 9.71 Å². The summed E-state index contributed by atoms with van der Waals surface area (Å²) in [6.45, 7) is 0. The lowest BCUT2D eigenvalue weighted by atomic mass is 10.1. The van der Waals surface area contributed by atoms with Crippen LogP contribution in [0.15, 0.2) is 58.8 Å². The zero-order valence-electron chi connectivity index (χ0n) is 13.9. The molecule has 0 atom stereocenters. The highest BCUT2D eigenvalue weighted by atomic mass is 35.5. The fraction of sp³-hybridized carbons (Fsp3) is 0.111. The molecule has 3 rings (SSSR count). The van der Waals surface area contributed by atoms with E-state index in [0.717, 1.165) is 11.1 Å². The number of rotatable bonds is 7. The number of aliphatic carboxylic acids is 1. The number of benzene rings is 2. The third-order valence-electron chi connectivity index (χ3n) is 3.73. The summed E-state index contributed by atoms with van der Waals surface area (Å²) < 4.78 is 27.5. The summed E-state index contributed by atoms with van der Waals surface area (Å²) in [4.78, 5) is 15.0. The van der Waals surface area contributed by atoms with E-state index in [1.165, 1.54) is 23.5 Å². The van der Waals surface area contributed by atoms with Crippen LogP contribution in [0.3, 0.4) is 0 Å². The van der Waals surface area contributed by atoms with Crippen molar-refractivity contribution in [3.05, 3.63) is 64.5 Å². The fourth-order valence-corrected chi connectivity index (χ4v) is 4.43. The average molecular weight is 423 g/mol. The lowest BCUT2D eigenvalue weighted by molar-refractivity contribution is -0.136. The maximum atomic E-state index is 12.5. The molecule has 1 heterocycles.